The second-order valence-electron chi connectivity index (χ2n) is 6.50. The normalized spacial score (nSPS) is 17.2. The fraction of sp³-hybridized carbons (Fsp3) is 0.400. The third kappa shape index (κ3) is 4.97. The molecular weight excluding hydrogens is 320 g/mol. The number of halogens is 1. The van der Waals surface area contributed by atoms with Gasteiger partial charge in [0.25, 0.3) is 0 Å². The summed E-state index contributed by atoms with van der Waals surface area (Å²) in [4.78, 5) is 0. The van der Waals surface area contributed by atoms with Crippen LogP contribution in [-0.2, 0) is 13.2 Å². The zero-order valence-electron chi connectivity index (χ0n) is 14.1. The van der Waals surface area contributed by atoms with Crippen molar-refractivity contribution < 1.29 is 4.74 Å². The van der Waals surface area contributed by atoms with E-state index in [0.29, 0.717) is 6.61 Å². The standard InChI is InChI=1S/C20H25ClN2O/c1-15-9-19(21)6-5-18(15)14-24-20-4-2-3-16(10-20)11-23-13-17-7-8-22-12-17/h2-6,9-10,17,22-23H,7-8,11-14H2,1H3. The maximum absolute atomic E-state index is 6.00. The second-order valence-corrected chi connectivity index (χ2v) is 6.93. The van der Waals surface area contributed by atoms with Crippen LogP contribution in [0.15, 0.2) is 42.5 Å². The van der Waals surface area contributed by atoms with Crippen LogP contribution in [0.1, 0.15) is 23.1 Å². The lowest BCUT2D eigenvalue weighted by atomic mass is 10.1. The molecule has 0 amide bonds. The van der Waals surface area contributed by atoms with E-state index in [1.165, 1.54) is 12.0 Å². The molecule has 4 heteroatoms. The van der Waals surface area contributed by atoms with Crippen LogP contribution in [-0.4, -0.2) is 19.6 Å². The molecule has 0 aromatic heterocycles. The van der Waals surface area contributed by atoms with Crippen LogP contribution in [0.25, 0.3) is 0 Å². The zero-order valence-corrected chi connectivity index (χ0v) is 14.9. The van der Waals surface area contributed by atoms with E-state index in [1.54, 1.807) is 0 Å². The largest absolute Gasteiger partial charge is 0.489 e. The molecule has 1 unspecified atom stereocenters. The summed E-state index contributed by atoms with van der Waals surface area (Å²) in [6.45, 7) is 6.86. The van der Waals surface area contributed by atoms with Crippen LogP contribution in [0.5, 0.6) is 5.75 Å². The van der Waals surface area contributed by atoms with Crippen LogP contribution >= 0.6 is 11.6 Å². The van der Waals surface area contributed by atoms with Crippen molar-refractivity contribution in [3.63, 3.8) is 0 Å². The van der Waals surface area contributed by atoms with Gasteiger partial charge in [0.05, 0.1) is 0 Å². The van der Waals surface area contributed by atoms with Gasteiger partial charge in [-0.05, 0) is 79.9 Å². The maximum atomic E-state index is 6.00. The maximum Gasteiger partial charge on any atom is 0.120 e. The van der Waals surface area contributed by atoms with E-state index in [4.69, 9.17) is 16.3 Å². The molecule has 3 nitrogen and oxygen atoms in total. The van der Waals surface area contributed by atoms with Crippen LogP contribution in [0.3, 0.4) is 0 Å². The van der Waals surface area contributed by atoms with Crippen LogP contribution in [0, 0.1) is 12.8 Å². The van der Waals surface area contributed by atoms with Gasteiger partial charge in [0, 0.05) is 11.6 Å². The number of aryl methyl sites for hydroxylation is 1. The van der Waals surface area contributed by atoms with Gasteiger partial charge in [-0.3, -0.25) is 0 Å². The summed E-state index contributed by atoms with van der Waals surface area (Å²) in [6.07, 6.45) is 1.27. The minimum Gasteiger partial charge on any atom is -0.489 e. The second kappa shape index (κ2) is 8.52. The number of benzene rings is 2. The van der Waals surface area contributed by atoms with Crippen molar-refractivity contribution in [2.75, 3.05) is 19.6 Å². The third-order valence-corrected chi connectivity index (χ3v) is 4.76. The van der Waals surface area contributed by atoms with Crippen molar-refractivity contribution >= 4 is 11.6 Å². The molecular formula is C20H25ClN2O. The van der Waals surface area contributed by atoms with E-state index in [0.717, 1.165) is 54.0 Å². The first-order valence-electron chi connectivity index (χ1n) is 8.59. The van der Waals surface area contributed by atoms with Gasteiger partial charge in [-0.1, -0.05) is 29.8 Å². The van der Waals surface area contributed by atoms with Gasteiger partial charge >= 0.3 is 0 Å². The van der Waals surface area contributed by atoms with E-state index in [1.807, 2.05) is 24.3 Å². The zero-order chi connectivity index (χ0) is 16.8. The molecule has 2 N–H and O–H groups in total. The molecule has 128 valence electrons. The molecule has 1 heterocycles. The Bertz CT molecular complexity index is 668. The van der Waals surface area contributed by atoms with Crippen molar-refractivity contribution in [3.8, 4) is 5.75 Å². The van der Waals surface area contributed by atoms with Gasteiger partial charge in [0.2, 0.25) is 0 Å². The lowest BCUT2D eigenvalue weighted by molar-refractivity contribution is 0.305. The third-order valence-electron chi connectivity index (χ3n) is 4.52. The molecule has 1 aliphatic heterocycles. The van der Waals surface area contributed by atoms with Gasteiger partial charge < -0.3 is 15.4 Å². The average molecular weight is 345 g/mol. The minimum atomic E-state index is 0.563. The lowest BCUT2D eigenvalue weighted by Gasteiger charge is -2.12. The van der Waals surface area contributed by atoms with Crippen LogP contribution in [0.2, 0.25) is 5.02 Å². The van der Waals surface area contributed by atoms with E-state index in [9.17, 15) is 0 Å². The van der Waals surface area contributed by atoms with Crippen molar-refractivity contribution in [1.29, 1.82) is 0 Å². The SMILES string of the molecule is Cc1cc(Cl)ccc1COc1cccc(CNCC2CCNC2)c1. The van der Waals surface area contributed by atoms with Crippen molar-refractivity contribution in [2.45, 2.75) is 26.5 Å². The van der Waals surface area contributed by atoms with E-state index in [-0.39, 0.29) is 0 Å². The Morgan fingerprint density at radius 3 is 2.96 bits per heavy atom. The van der Waals surface area contributed by atoms with Gasteiger partial charge in [0.1, 0.15) is 12.4 Å². The summed E-state index contributed by atoms with van der Waals surface area (Å²) >= 11 is 6.00. The molecule has 1 fully saturated rings. The average Bonchev–Trinajstić information content (AvgIpc) is 3.08. The van der Waals surface area contributed by atoms with Crippen molar-refractivity contribution in [2.24, 2.45) is 5.92 Å². The number of rotatable bonds is 7. The molecule has 0 bridgehead atoms. The first kappa shape index (κ1) is 17.3. The highest BCUT2D eigenvalue weighted by Gasteiger charge is 2.13. The van der Waals surface area contributed by atoms with E-state index < -0.39 is 0 Å². The molecule has 1 aliphatic rings. The molecule has 24 heavy (non-hydrogen) atoms. The quantitative estimate of drug-likeness (QED) is 0.798. The summed E-state index contributed by atoms with van der Waals surface area (Å²) in [7, 11) is 0. The summed E-state index contributed by atoms with van der Waals surface area (Å²) in [6, 6.07) is 14.2. The van der Waals surface area contributed by atoms with Crippen molar-refractivity contribution in [3.05, 3.63) is 64.2 Å². The smallest absolute Gasteiger partial charge is 0.120 e. The summed E-state index contributed by atoms with van der Waals surface area (Å²) in [5.74, 6) is 1.67. The predicted octanol–water partition coefficient (Wildman–Crippen LogP) is 3.93. The Kier molecular flexibility index (Phi) is 6.13. The molecule has 0 spiro atoms. The van der Waals surface area contributed by atoms with Gasteiger partial charge in [-0.25, -0.2) is 0 Å². The molecule has 3 rings (SSSR count). The number of ether oxygens (including phenoxy) is 1. The fourth-order valence-electron chi connectivity index (χ4n) is 3.04. The lowest BCUT2D eigenvalue weighted by Crippen LogP contribution is -2.24. The Labute approximate surface area is 149 Å². The van der Waals surface area contributed by atoms with E-state index >= 15 is 0 Å². The Morgan fingerprint density at radius 2 is 2.17 bits per heavy atom. The molecule has 2 aromatic carbocycles. The molecule has 1 atom stereocenters. The van der Waals surface area contributed by atoms with Crippen LogP contribution < -0.4 is 15.4 Å². The predicted molar refractivity (Wildman–Crippen MR) is 99.6 cm³/mol. The summed E-state index contributed by atoms with van der Waals surface area (Å²) in [5, 5.41) is 7.72. The molecule has 0 radical (unpaired) electrons. The van der Waals surface area contributed by atoms with E-state index in [2.05, 4.69) is 35.8 Å². The van der Waals surface area contributed by atoms with Gasteiger partial charge in [-0.2, -0.15) is 0 Å². The van der Waals surface area contributed by atoms with Crippen LogP contribution in [0.4, 0.5) is 0 Å². The summed E-state index contributed by atoms with van der Waals surface area (Å²) in [5.41, 5.74) is 3.58. The Morgan fingerprint density at radius 1 is 1.25 bits per heavy atom. The summed E-state index contributed by atoms with van der Waals surface area (Å²) < 4.78 is 5.95. The first-order chi connectivity index (χ1) is 11.7. The first-order valence-corrected chi connectivity index (χ1v) is 8.97. The van der Waals surface area contributed by atoms with Gasteiger partial charge in [-0.15, -0.1) is 0 Å². The van der Waals surface area contributed by atoms with Crippen molar-refractivity contribution in [1.82, 2.24) is 10.6 Å². The highest BCUT2D eigenvalue weighted by atomic mass is 35.5. The Hall–Kier alpha value is -1.55. The Balaban J connectivity index is 1.50. The molecule has 0 aliphatic carbocycles. The minimum absolute atomic E-state index is 0.563. The molecule has 2 aromatic rings. The highest BCUT2D eigenvalue weighted by molar-refractivity contribution is 6.30. The number of hydrogen-bond donors (Lipinski definition) is 2. The monoisotopic (exact) mass is 344 g/mol. The number of nitrogens with one attached hydrogen (secondary N) is 2. The molecule has 1 saturated heterocycles. The topological polar surface area (TPSA) is 33.3 Å². The fourth-order valence-corrected chi connectivity index (χ4v) is 3.26. The highest BCUT2D eigenvalue weighted by Crippen LogP contribution is 2.19. The van der Waals surface area contributed by atoms with Gasteiger partial charge in [0.15, 0.2) is 0 Å². The molecule has 0 saturated carbocycles. The number of hydrogen-bond acceptors (Lipinski definition) is 3.